The van der Waals surface area contributed by atoms with Gasteiger partial charge in [0.25, 0.3) is 0 Å². The van der Waals surface area contributed by atoms with E-state index in [9.17, 15) is 0 Å². The van der Waals surface area contributed by atoms with Crippen LogP contribution in [0.4, 0.5) is 0 Å². The molecule has 0 N–H and O–H groups in total. The predicted octanol–water partition coefficient (Wildman–Crippen LogP) is 18.8. The molecule has 5 aromatic rings. The van der Waals surface area contributed by atoms with E-state index in [0.29, 0.717) is 5.92 Å². The molecule has 0 spiro atoms. The second-order valence-corrected chi connectivity index (χ2v) is 16.3. The van der Waals surface area contributed by atoms with Gasteiger partial charge in [-0.3, -0.25) is 0 Å². The van der Waals surface area contributed by atoms with E-state index in [1.54, 1.807) is 16.7 Å². The van der Waals surface area contributed by atoms with E-state index in [0.717, 1.165) is 12.8 Å². The van der Waals surface area contributed by atoms with Crippen molar-refractivity contribution < 1.29 is 0 Å². The molecular formula is C64H72. The molecule has 0 aromatic heterocycles. The average molecular weight is 841 g/mol. The Morgan fingerprint density at radius 2 is 1.23 bits per heavy atom. The zero-order valence-corrected chi connectivity index (χ0v) is 40.9. The zero-order chi connectivity index (χ0) is 46.2. The third-order valence-electron chi connectivity index (χ3n) is 12.3. The van der Waals surface area contributed by atoms with Crippen LogP contribution in [-0.4, -0.2) is 0 Å². The molecule has 0 fully saturated rings. The molecule has 4 aliphatic carbocycles. The fourth-order valence-corrected chi connectivity index (χ4v) is 9.46. The lowest BCUT2D eigenvalue weighted by Gasteiger charge is -2.25. The molecule has 0 bridgehead atoms. The Labute approximate surface area is 388 Å². The van der Waals surface area contributed by atoms with Gasteiger partial charge in [0.2, 0.25) is 0 Å². The highest BCUT2D eigenvalue weighted by Gasteiger charge is 2.38. The molecule has 1 unspecified atom stereocenters. The monoisotopic (exact) mass is 841 g/mol. The first-order valence-corrected chi connectivity index (χ1v) is 23.9. The number of fused-ring (bicyclic) bond motifs is 3. The summed E-state index contributed by atoms with van der Waals surface area (Å²) in [6.07, 6.45) is 24.3. The van der Waals surface area contributed by atoms with Crippen LogP contribution in [0.5, 0.6) is 0 Å². The minimum absolute atomic E-state index is 0.0750. The van der Waals surface area contributed by atoms with Crippen LogP contribution in [0.25, 0.3) is 33.4 Å². The van der Waals surface area contributed by atoms with Gasteiger partial charge >= 0.3 is 0 Å². The lowest BCUT2D eigenvalue weighted by Crippen LogP contribution is -2.16. The van der Waals surface area contributed by atoms with Gasteiger partial charge in [0.1, 0.15) is 0 Å². The van der Waals surface area contributed by atoms with Crippen molar-refractivity contribution in [1.29, 1.82) is 0 Å². The average Bonchev–Trinajstić information content (AvgIpc) is 4.12. The quantitative estimate of drug-likeness (QED) is 0.137. The van der Waals surface area contributed by atoms with Crippen LogP contribution in [0.1, 0.15) is 128 Å². The molecule has 0 saturated carbocycles. The van der Waals surface area contributed by atoms with Gasteiger partial charge in [0.15, 0.2) is 0 Å². The third kappa shape index (κ3) is 10.4. The van der Waals surface area contributed by atoms with Gasteiger partial charge in [0, 0.05) is 11.3 Å². The van der Waals surface area contributed by atoms with Gasteiger partial charge in [-0.25, -0.2) is 0 Å². The Morgan fingerprint density at radius 1 is 0.609 bits per heavy atom. The fourth-order valence-electron chi connectivity index (χ4n) is 9.46. The van der Waals surface area contributed by atoms with Crippen LogP contribution in [0, 0.1) is 12.8 Å². The van der Waals surface area contributed by atoms with Crippen LogP contribution in [-0.2, 0) is 5.41 Å². The first-order valence-electron chi connectivity index (χ1n) is 23.9. The van der Waals surface area contributed by atoms with Crippen molar-refractivity contribution in [1.82, 2.24) is 0 Å². The zero-order valence-electron chi connectivity index (χ0n) is 40.9. The highest BCUT2D eigenvalue weighted by molar-refractivity contribution is 6.05. The first kappa shape index (κ1) is 48.8. The highest BCUT2D eigenvalue weighted by Crippen LogP contribution is 2.53. The Bertz CT molecular complexity index is 2620. The standard InChI is InChI=1S/C39H36.C19H18.3C2H6/c1-5-7-8-15-24-34(29-18-11-9-12-19-29)33-23-16-22-31(27-33)32-25-26-37-36(28-32)35(17-6-2)38(39(37,3)4)30-20-13-10-14-21-30;1-12-6-8-14(9-7-12)16-10-11-18-17-5-3-4-15(17)13(2)19(16)18;3*1-2/h5-28H,1-4H3;3,5-9,11,13H,4,10H2,1-2H3;3*1-2H3/b7-5+,15-8-,17-6-,34-24-;;;;. The molecule has 328 valence electrons. The Balaban J connectivity index is 0.000000256. The SMILES string of the molecule is C/C=C\C1=C(c2ccccc2)C(C)(C)c2ccc(-c3cccc(\C(=C/C=C\C=C\C)c4ccccc4)c3)cc21.CC.CC.CC.Cc1ccc(C2=C3C(=CC2)C2=C(CC=C2)C3C)cc1. The van der Waals surface area contributed by atoms with E-state index in [2.05, 4.69) is 217 Å². The van der Waals surface area contributed by atoms with Crippen LogP contribution in [0.3, 0.4) is 0 Å². The molecule has 4 aliphatic rings. The molecule has 0 amide bonds. The van der Waals surface area contributed by atoms with Crippen LogP contribution in [0.2, 0.25) is 0 Å². The molecule has 0 saturated heterocycles. The summed E-state index contributed by atoms with van der Waals surface area (Å²) < 4.78 is 0. The van der Waals surface area contributed by atoms with E-state index in [1.807, 2.05) is 54.5 Å². The van der Waals surface area contributed by atoms with Crippen LogP contribution in [0.15, 0.2) is 210 Å². The Morgan fingerprint density at radius 3 is 1.91 bits per heavy atom. The minimum Gasteiger partial charge on any atom is -0.0877 e. The number of benzene rings is 5. The Kier molecular flexibility index (Phi) is 17.9. The summed E-state index contributed by atoms with van der Waals surface area (Å²) in [5.41, 5.74) is 23.3. The number of hydrogen-bond donors (Lipinski definition) is 0. The van der Waals surface area contributed by atoms with Crippen molar-refractivity contribution >= 4 is 22.3 Å². The number of allylic oxidation sites excluding steroid dienone is 17. The van der Waals surface area contributed by atoms with Crippen molar-refractivity contribution in [2.45, 2.75) is 101 Å². The smallest absolute Gasteiger partial charge is 0.0164 e. The summed E-state index contributed by atoms with van der Waals surface area (Å²) in [5.74, 6) is 0.607. The van der Waals surface area contributed by atoms with Gasteiger partial charge in [-0.05, 0) is 129 Å². The van der Waals surface area contributed by atoms with Gasteiger partial charge in [-0.2, -0.15) is 0 Å². The van der Waals surface area contributed by atoms with Crippen LogP contribution < -0.4 is 0 Å². The molecule has 0 aliphatic heterocycles. The molecule has 0 heteroatoms. The lowest BCUT2D eigenvalue weighted by atomic mass is 9.78. The van der Waals surface area contributed by atoms with Crippen molar-refractivity contribution in [3.8, 4) is 11.1 Å². The van der Waals surface area contributed by atoms with Crippen molar-refractivity contribution in [2.75, 3.05) is 0 Å². The van der Waals surface area contributed by atoms with E-state index < -0.39 is 0 Å². The molecule has 9 rings (SSSR count). The summed E-state index contributed by atoms with van der Waals surface area (Å²) in [4.78, 5) is 0. The number of aryl methyl sites for hydroxylation is 1. The largest absolute Gasteiger partial charge is 0.0877 e. The topological polar surface area (TPSA) is 0 Å². The second kappa shape index (κ2) is 23.4. The number of rotatable bonds is 8. The maximum Gasteiger partial charge on any atom is 0.0164 e. The van der Waals surface area contributed by atoms with E-state index in [-0.39, 0.29) is 5.41 Å². The first-order chi connectivity index (χ1) is 31.3. The van der Waals surface area contributed by atoms with Gasteiger partial charge in [-0.1, -0.05) is 249 Å². The summed E-state index contributed by atoms with van der Waals surface area (Å²) in [7, 11) is 0. The maximum absolute atomic E-state index is 2.43. The molecule has 0 nitrogen and oxygen atoms in total. The van der Waals surface area contributed by atoms with Gasteiger partial charge in [-0.15, -0.1) is 0 Å². The number of hydrogen-bond acceptors (Lipinski definition) is 0. The van der Waals surface area contributed by atoms with Crippen LogP contribution >= 0.6 is 0 Å². The normalized spacial score (nSPS) is 16.7. The van der Waals surface area contributed by atoms with Gasteiger partial charge in [0.05, 0.1) is 0 Å². The second-order valence-electron chi connectivity index (χ2n) is 16.3. The minimum atomic E-state index is -0.0750. The fraction of sp³-hybridized carbons (Fsp3) is 0.250. The Hall–Kier alpha value is -6.24. The molecule has 5 aromatic carbocycles. The summed E-state index contributed by atoms with van der Waals surface area (Å²) >= 11 is 0. The van der Waals surface area contributed by atoms with Crippen molar-refractivity contribution in [3.05, 3.63) is 249 Å². The molecular weight excluding hydrogens is 769 g/mol. The third-order valence-corrected chi connectivity index (χ3v) is 12.3. The summed E-state index contributed by atoms with van der Waals surface area (Å²) in [6, 6.07) is 46.4. The molecule has 1 atom stereocenters. The summed E-state index contributed by atoms with van der Waals surface area (Å²) in [6.45, 7) is 25.4. The van der Waals surface area contributed by atoms with E-state index in [1.165, 1.54) is 77.9 Å². The molecule has 0 heterocycles. The van der Waals surface area contributed by atoms with Gasteiger partial charge < -0.3 is 0 Å². The van der Waals surface area contributed by atoms with Crippen molar-refractivity contribution in [2.24, 2.45) is 5.92 Å². The highest BCUT2D eigenvalue weighted by atomic mass is 14.4. The summed E-state index contributed by atoms with van der Waals surface area (Å²) in [5, 5.41) is 0. The molecule has 0 radical (unpaired) electrons. The van der Waals surface area contributed by atoms with E-state index >= 15 is 0 Å². The van der Waals surface area contributed by atoms with Crippen molar-refractivity contribution in [3.63, 3.8) is 0 Å². The lowest BCUT2D eigenvalue weighted by molar-refractivity contribution is 0.704. The maximum atomic E-state index is 2.43. The molecule has 64 heavy (non-hydrogen) atoms. The van der Waals surface area contributed by atoms with E-state index in [4.69, 9.17) is 0 Å². The predicted molar refractivity (Wildman–Crippen MR) is 285 cm³/mol.